The minimum atomic E-state index is -4.00. The summed E-state index contributed by atoms with van der Waals surface area (Å²) in [4.78, 5) is 11.1. The zero-order chi connectivity index (χ0) is 15.6. The zero-order valence-electron chi connectivity index (χ0n) is 11.4. The molecule has 20 heavy (non-hydrogen) atoms. The second-order valence-corrected chi connectivity index (χ2v) is 6.86. The van der Waals surface area contributed by atoms with Gasteiger partial charge in [0.1, 0.15) is 18.0 Å². The number of nitrogens with one attached hydrogen (secondary N) is 1. The van der Waals surface area contributed by atoms with Crippen LogP contribution in [0.5, 0.6) is 0 Å². The molecule has 0 atom stereocenters. The summed E-state index contributed by atoms with van der Waals surface area (Å²) in [5.74, 6) is -1.57. The van der Waals surface area contributed by atoms with E-state index in [9.17, 15) is 17.6 Å². The van der Waals surface area contributed by atoms with E-state index in [1.165, 1.54) is 0 Å². The molecule has 0 aliphatic heterocycles. The van der Waals surface area contributed by atoms with Crippen LogP contribution in [-0.4, -0.2) is 26.5 Å². The van der Waals surface area contributed by atoms with Crippen molar-refractivity contribution in [2.75, 3.05) is 12.3 Å². The normalized spacial score (nSPS) is 12.2. The van der Waals surface area contributed by atoms with Gasteiger partial charge in [0.2, 0.25) is 10.0 Å². The summed E-state index contributed by atoms with van der Waals surface area (Å²) in [6.07, 6.45) is 0. The number of carbonyl (C=O) groups excluding carboxylic acids is 1. The lowest BCUT2D eigenvalue weighted by atomic mass is 10.2. The second-order valence-electron chi connectivity index (χ2n) is 5.09. The third-order valence-electron chi connectivity index (χ3n) is 2.11. The standard InChI is InChI=1S/C12H17FN2O4S/c1-12(2,3)19-11(16)7-15-20(17,18)8-4-5-10(14)9(13)6-8/h4-6,15H,7,14H2,1-3H3. The molecule has 0 unspecified atom stereocenters. The molecular formula is C12H17FN2O4S. The molecule has 0 aliphatic carbocycles. The van der Waals surface area contributed by atoms with E-state index in [1.54, 1.807) is 20.8 Å². The number of rotatable bonds is 4. The summed E-state index contributed by atoms with van der Waals surface area (Å²) >= 11 is 0. The van der Waals surface area contributed by atoms with Crippen molar-refractivity contribution < 1.29 is 22.3 Å². The quantitative estimate of drug-likeness (QED) is 0.639. The van der Waals surface area contributed by atoms with Gasteiger partial charge in [-0.2, -0.15) is 4.72 Å². The average Bonchev–Trinajstić information content (AvgIpc) is 2.28. The molecule has 0 spiro atoms. The van der Waals surface area contributed by atoms with Crippen molar-refractivity contribution in [2.45, 2.75) is 31.3 Å². The minimum Gasteiger partial charge on any atom is -0.459 e. The Bertz CT molecular complexity index is 608. The lowest BCUT2D eigenvalue weighted by Crippen LogP contribution is -2.34. The van der Waals surface area contributed by atoms with Crippen LogP contribution < -0.4 is 10.5 Å². The number of ether oxygens (including phenoxy) is 1. The molecule has 0 amide bonds. The summed E-state index contributed by atoms with van der Waals surface area (Å²) in [5.41, 5.74) is 4.39. The zero-order valence-corrected chi connectivity index (χ0v) is 12.3. The number of carbonyl (C=O) groups is 1. The van der Waals surface area contributed by atoms with Gasteiger partial charge in [-0.25, -0.2) is 12.8 Å². The highest BCUT2D eigenvalue weighted by Crippen LogP contribution is 2.16. The number of hydrogen-bond acceptors (Lipinski definition) is 5. The molecule has 0 saturated heterocycles. The highest BCUT2D eigenvalue weighted by molar-refractivity contribution is 7.89. The van der Waals surface area contributed by atoms with Crippen LogP contribution in [0.25, 0.3) is 0 Å². The van der Waals surface area contributed by atoms with E-state index in [2.05, 4.69) is 0 Å². The van der Waals surface area contributed by atoms with Crippen LogP contribution in [0.2, 0.25) is 0 Å². The number of benzene rings is 1. The van der Waals surface area contributed by atoms with E-state index < -0.39 is 34.0 Å². The lowest BCUT2D eigenvalue weighted by molar-refractivity contribution is -0.153. The fraction of sp³-hybridized carbons (Fsp3) is 0.417. The third-order valence-corrected chi connectivity index (χ3v) is 3.51. The van der Waals surface area contributed by atoms with Gasteiger partial charge in [-0.1, -0.05) is 0 Å². The first-order valence-corrected chi connectivity index (χ1v) is 7.26. The number of nitrogens with two attached hydrogens (primary N) is 1. The van der Waals surface area contributed by atoms with Crippen LogP contribution in [0.1, 0.15) is 20.8 Å². The molecule has 0 bridgehead atoms. The van der Waals surface area contributed by atoms with Gasteiger partial charge in [-0.05, 0) is 39.0 Å². The van der Waals surface area contributed by atoms with Crippen LogP contribution >= 0.6 is 0 Å². The van der Waals surface area contributed by atoms with Crippen LogP contribution in [-0.2, 0) is 19.6 Å². The maximum Gasteiger partial charge on any atom is 0.321 e. The Kier molecular flexibility index (Phi) is 4.72. The highest BCUT2D eigenvalue weighted by Gasteiger charge is 2.20. The van der Waals surface area contributed by atoms with E-state index in [-0.39, 0.29) is 10.6 Å². The fourth-order valence-corrected chi connectivity index (χ4v) is 2.27. The molecule has 112 valence electrons. The van der Waals surface area contributed by atoms with Gasteiger partial charge in [0, 0.05) is 0 Å². The van der Waals surface area contributed by atoms with Gasteiger partial charge in [0.25, 0.3) is 0 Å². The summed E-state index contributed by atoms with van der Waals surface area (Å²) < 4.78 is 43.9. The Balaban J connectivity index is 2.76. The predicted molar refractivity (Wildman–Crippen MR) is 71.8 cm³/mol. The largest absolute Gasteiger partial charge is 0.459 e. The first-order valence-electron chi connectivity index (χ1n) is 5.78. The average molecular weight is 304 g/mol. The van der Waals surface area contributed by atoms with E-state index in [1.807, 2.05) is 4.72 Å². The summed E-state index contributed by atoms with van der Waals surface area (Å²) in [7, 11) is -4.00. The molecule has 0 heterocycles. The first kappa shape index (κ1) is 16.4. The number of anilines is 1. The van der Waals surface area contributed by atoms with Crippen molar-refractivity contribution in [1.29, 1.82) is 0 Å². The molecule has 6 nitrogen and oxygen atoms in total. The van der Waals surface area contributed by atoms with Crippen molar-refractivity contribution in [3.63, 3.8) is 0 Å². The molecule has 1 rings (SSSR count). The van der Waals surface area contributed by atoms with E-state index >= 15 is 0 Å². The number of nitrogen functional groups attached to an aromatic ring is 1. The van der Waals surface area contributed by atoms with E-state index in [4.69, 9.17) is 10.5 Å². The lowest BCUT2D eigenvalue weighted by Gasteiger charge is -2.19. The van der Waals surface area contributed by atoms with Crippen LogP contribution in [0.4, 0.5) is 10.1 Å². The van der Waals surface area contributed by atoms with Crippen LogP contribution in [0.3, 0.4) is 0 Å². The number of halogens is 1. The molecule has 0 saturated carbocycles. The molecule has 0 fully saturated rings. The van der Waals surface area contributed by atoms with Crippen molar-refractivity contribution in [2.24, 2.45) is 0 Å². The van der Waals surface area contributed by atoms with Crippen molar-refractivity contribution in [3.05, 3.63) is 24.0 Å². The number of hydrogen-bond donors (Lipinski definition) is 2. The maximum atomic E-state index is 13.2. The van der Waals surface area contributed by atoms with Gasteiger partial charge in [-0.15, -0.1) is 0 Å². The SMILES string of the molecule is CC(C)(C)OC(=O)CNS(=O)(=O)c1ccc(N)c(F)c1. The summed E-state index contributed by atoms with van der Waals surface area (Å²) in [6, 6.07) is 3.07. The van der Waals surface area contributed by atoms with Crippen molar-refractivity contribution >= 4 is 21.7 Å². The van der Waals surface area contributed by atoms with Gasteiger partial charge in [0.05, 0.1) is 10.6 Å². The molecule has 0 radical (unpaired) electrons. The summed E-state index contributed by atoms with van der Waals surface area (Å²) in [6.45, 7) is 4.45. The Labute approximate surface area is 117 Å². The second kappa shape index (κ2) is 5.76. The molecular weight excluding hydrogens is 287 g/mol. The van der Waals surface area contributed by atoms with Crippen molar-refractivity contribution in [3.8, 4) is 0 Å². The number of esters is 1. The molecule has 8 heteroatoms. The van der Waals surface area contributed by atoms with E-state index in [0.29, 0.717) is 0 Å². The fourth-order valence-electron chi connectivity index (χ4n) is 1.29. The van der Waals surface area contributed by atoms with Gasteiger partial charge >= 0.3 is 5.97 Å². The van der Waals surface area contributed by atoms with Gasteiger partial charge in [-0.3, -0.25) is 4.79 Å². The van der Waals surface area contributed by atoms with Crippen molar-refractivity contribution in [1.82, 2.24) is 4.72 Å². The smallest absolute Gasteiger partial charge is 0.321 e. The highest BCUT2D eigenvalue weighted by atomic mass is 32.2. The minimum absolute atomic E-state index is 0.156. The topological polar surface area (TPSA) is 98.5 Å². The predicted octanol–water partition coefficient (Wildman–Crippen LogP) is 1.03. The Morgan fingerprint density at radius 1 is 1.40 bits per heavy atom. The monoisotopic (exact) mass is 304 g/mol. The molecule has 0 aromatic heterocycles. The third kappa shape index (κ3) is 4.78. The molecule has 3 N–H and O–H groups in total. The van der Waals surface area contributed by atoms with Gasteiger partial charge < -0.3 is 10.5 Å². The first-order chi connectivity index (χ1) is 9.01. The Morgan fingerprint density at radius 2 is 2.00 bits per heavy atom. The Morgan fingerprint density at radius 3 is 2.50 bits per heavy atom. The van der Waals surface area contributed by atoms with Crippen LogP contribution in [0.15, 0.2) is 23.1 Å². The molecule has 1 aromatic rings. The van der Waals surface area contributed by atoms with Crippen LogP contribution in [0, 0.1) is 5.82 Å². The van der Waals surface area contributed by atoms with Gasteiger partial charge in [0.15, 0.2) is 0 Å². The maximum absolute atomic E-state index is 13.2. The number of sulfonamides is 1. The summed E-state index contributed by atoms with van der Waals surface area (Å²) in [5, 5.41) is 0. The molecule has 0 aliphatic rings. The molecule has 1 aromatic carbocycles. The van der Waals surface area contributed by atoms with E-state index in [0.717, 1.165) is 18.2 Å². The Hall–Kier alpha value is -1.67.